The number of methoxy groups -OCH3 is 1. The molecule has 0 bridgehead atoms. The summed E-state index contributed by atoms with van der Waals surface area (Å²) in [6, 6.07) is 15.7. The van der Waals surface area contributed by atoms with E-state index < -0.39 is 18.4 Å². The molecule has 0 spiro atoms. The number of ether oxygens (including phenoxy) is 1. The molecule has 0 aliphatic rings. The Morgan fingerprint density at radius 2 is 1.48 bits per heavy atom. The highest BCUT2D eigenvalue weighted by molar-refractivity contribution is 6.03. The molecule has 2 N–H and O–H groups in total. The van der Waals surface area contributed by atoms with Crippen molar-refractivity contribution in [2.24, 2.45) is 0 Å². The smallest absolute Gasteiger partial charge is 0.332 e. The molecule has 0 aliphatic heterocycles. The monoisotopic (exact) mass is 312 g/mol. The average molecular weight is 312 g/mol. The van der Waals surface area contributed by atoms with Gasteiger partial charge in [-0.3, -0.25) is 4.79 Å². The number of hydrogen-bond donors (Lipinski definition) is 2. The van der Waals surface area contributed by atoms with Gasteiger partial charge >= 0.3 is 11.9 Å². The van der Waals surface area contributed by atoms with Crippen LogP contribution in [0, 0.1) is 0 Å². The molecule has 0 aromatic heterocycles. The van der Waals surface area contributed by atoms with Crippen LogP contribution in [0.15, 0.2) is 60.2 Å². The van der Waals surface area contributed by atoms with Crippen molar-refractivity contribution in [3.05, 3.63) is 71.3 Å². The third-order valence-electron chi connectivity index (χ3n) is 3.33. The van der Waals surface area contributed by atoms with Crippen molar-refractivity contribution in [3.8, 4) is 5.75 Å². The average Bonchev–Trinajstić information content (AvgIpc) is 2.55. The number of carbonyl (C=O) groups is 2. The molecule has 0 saturated carbocycles. The van der Waals surface area contributed by atoms with Crippen LogP contribution in [0.2, 0.25) is 0 Å². The minimum absolute atomic E-state index is 0.158. The van der Waals surface area contributed by atoms with Gasteiger partial charge in [0.2, 0.25) is 0 Å². The molecule has 0 saturated heterocycles. The summed E-state index contributed by atoms with van der Waals surface area (Å²) < 4.78 is 5.10. The van der Waals surface area contributed by atoms with Gasteiger partial charge in [-0.1, -0.05) is 42.5 Å². The number of rotatable bonds is 6. The van der Waals surface area contributed by atoms with Gasteiger partial charge in [-0.2, -0.15) is 0 Å². The lowest BCUT2D eigenvalue weighted by Crippen LogP contribution is -2.10. The highest BCUT2D eigenvalue weighted by Crippen LogP contribution is 2.30. The summed E-state index contributed by atoms with van der Waals surface area (Å²) in [5.74, 6) is -1.80. The first-order valence-electron chi connectivity index (χ1n) is 6.91. The van der Waals surface area contributed by atoms with E-state index in [1.165, 1.54) is 7.11 Å². The number of aliphatic carboxylic acids is 2. The molecule has 0 fully saturated rings. The molecule has 118 valence electrons. The van der Waals surface area contributed by atoms with Gasteiger partial charge in [-0.25, -0.2) is 4.79 Å². The molecule has 0 amide bonds. The Bertz CT molecular complexity index is 730. The van der Waals surface area contributed by atoms with Crippen LogP contribution in [0.3, 0.4) is 0 Å². The van der Waals surface area contributed by atoms with Gasteiger partial charge < -0.3 is 14.9 Å². The minimum Gasteiger partial charge on any atom is -0.497 e. The fraction of sp³-hybridized carbons (Fsp3) is 0.111. The molecular weight excluding hydrogens is 296 g/mol. The van der Waals surface area contributed by atoms with Gasteiger partial charge in [0.25, 0.3) is 0 Å². The lowest BCUT2D eigenvalue weighted by Gasteiger charge is -2.13. The molecule has 23 heavy (non-hydrogen) atoms. The first kappa shape index (κ1) is 16.3. The SMILES string of the molecule is COc1ccc(C(=C(CC(=O)O)C(=O)O)c2ccccc2)cc1. The molecule has 0 atom stereocenters. The summed E-state index contributed by atoms with van der Waals surface area (Å²) >= 11 is 0. The molecule has 0 aliphatic carbocycles. The van der Waals surface area contributed by atoms with E-state index in [1.807, 2.05) is 6.07 Å². The molecule has 2 aromatic carbocycles. The molecule has 5 nitrogen and oxygen atoms in total. The molecule has 0 unspecified atom stereocenters. The summed E-state index contributed by atoms with van der Waals surface area (Å²) in [6.45, 7) is 0. The van der Waals surface area contributed by atoms with Crippen molar-refractivity contribution >= 4 is 17.5 Å². The fourth-order valence-corrected chi connectivity index (χ4v) is 2.30. The number of hydrogen-bond acceptors (Lipinski definition) is 3. The van der Waals surface area contributed by atoms with E-state index in [9.17, 15) is 14.7 Å². The van der Waals surface area contributed by atoms with E-state index in [2.05, 4.69) is 0 Å². The highest BCUT2D eigenvalue weighted by atomic mass is 16.5. The van der Waals surface area contributed by atoms with E-state index >= 15 is 0 Å². The standard InChI is InChI=1S/C18H16O5/c1-23-14-9-7-13(8-10-14)17(12-5-3-2-4-6-12)15(18(21)22)11-16(19)20/h2-10H,11H2,1H3,(H,19,20)(H,21,22). The van der Waals surface area contributed by atoms with Crippen LogP contribution in [0.25, 0.3) is 5.57 Å². The lowest BCUT2D eigenvalue weighted by molar-refractivity contribution is -0.139. The summed E-state index contributed by atoms with van der Waals surface area (Å²) in [7, 11) is 1.54. The van der Waals surface area contributed by atoms with Crippen LogP contribution >= 0.6 is 0 Å². The zero-order valence-corrected chi connectivity index (χ0v) is 12.5. The molecule has 2 aromatic rings. The normalized spacial score (nSPS) is 11.5. The minimum atomic E-state index is -1.25. The molecule has 5 heteroatoms. The van der Waals surface area contributed by atoms with E-state index in [1.54, 1.807) is 48.5 Å². The van der Waals surface area contributed by atoms with Crippen molar-refractivity contribution in [2.45, 2.75) is 6.42 Å². The Balaban J connectivity index is 2.67. The van der Waals surface area contributed by atoms with Gasteiger partial charge in [0, 0.05) is 0 Å². The van der Waals surface area contributed by atoms with E-state index in [4.69, 9.17) is 9.84 Å². The third kappa shape index (κ3) is 3.97. The van der Waals surface area contributed by atoms with E-state index in [0.29, 0.717) is 22.4 Å². The number of carboxylic acids is 2. The van der Waals surface area contributed by atoms with Crippen LogP contribution in [-0.4, -0.2) is 29.3 Å². The number of benzene rings is 2. The maximum atomic E-state index is 11.6. The molecule has 0 radical (unpaired) electrons. The van der Waals surface area contributed by atoms with Gasteiger partial charge in [0.15, 0.2) is 0 Å². The Labute approximate surface area is 133 Å². The van der Waals surface area contributed by atoms with Gasteiger partial charge in [-0.15, -0.1) is 0 Å². The summed E-state index contributed by atoms with van der Waals surface area (Å²) in [6.07, 6.45) is -0.564. The third-order valence-corrected chi connectivity index (χ3v) is 3.33. The maximum absolute atomic E-state index is 11.6. The zero-order valence-electron chi connectivity index (χ0n) is 12.5. The number of carboxylic acid groups (broad SMARTS) is 2. The van der Waals surface area contributed by atoms with Gasteiger partial charge in [-0.05, 0) is 28.8 Å². The van der Waals surface area contributed by atoms with Crippen LogP contribution < -0.4 is 4.74 Å². The largest absolute Gasteiger partial charge is 0.497 e. The quantitative estimate of drug-likeness (QED) is 0.801. The van der Waals surface area contributed by atoms with Crippen molar-refractivity contribution < 1.29 is 24.5 Å². The molecule has 0 heterocycles. The van der Waals surface area contributed by atoms with E-state index in [0.717, 1.165) is 0 Å². The predicted molar refractivity (Wildman–Crippen MR) is 85.3 cm³/mol. The fourth-order valence-electron chi connectivity index (χ4n) is 2.30. The van der Waals surface area contributed by atoms with Crippen LogP contribution in [0.1, 0.15) is 17.5 Å². The van der Waals surface area contributed by atoms with Crippen LogP contribution in [-0.2, 0) is 9.59 Å². The van der Waals surface area contributed by atoms with Crippen LogP contribution in [0.4, 0.5) is 0 Å². The predicted octanol–water partition coefficient (Wildman–Crippen LogP) is 3.06. The molecular formula is C18H16O5. The van der Waals surface area contributed by atoms with Crippen molar-refractivity contribution in [2.75, 3.05) is 7.11 Å². The first-order valence-corrected chi connectivity index (χ1v) is 6.91. The van der Waals surface area contributed by atoms with Gasteiger partial charge in [0.1, 0.15) is 5.75 Å². The summed E-state index contributed by atoms with van der Waals surface area (Å²) in [5.41, 5.74) is 1.50. The van der Waals surface area contributed by atoms with E-state index in [-0.39, 0.29) is 5.57 Å². The van der Waals surface area contributed by atoms with Crippen molar-refractivity contribution in [3.63, 3.8) is 0 Å². The topological polar surface area (TPSA) is 83.8 Å². The van der Waals surface area contributed by atoms with Crippen molar-refractivity contribution in [1.29, 1.82) is 0 Å². The Kier molecular flexibility index (Phi) is 5.15. The molecule has 2 rings (SSSR count). The Morgan fingerprint density at radius 1 is 0.913 bits per heavy atom. The second-order valence-corrected chi connectivity index (χ2v) is 4.82. The maximum Gasteiger partial charge on any atom is 0.332 e. The highest BCUT2D eigenvalue weighted by Gasteiger charge is 2.20. The second kappa shape index (κ2) is 7.26. The van der Waals surface area contributed by atoms with Gasteiger partial charge in [0.05, 0.1) is 19.1 Å². The summed E-state index contributed by atoms with van der Waals surface area (Å²) in [4.78, 5) is 22.7. The lowest BCUT2D eigenvalue weighted by atomic mass is 9.91. The first-order chi connectivity index (χ1) is 11.0. The summed E-state index contributed by atoms with van der Waals surface area (Å²) in [5, 5.41) is 18.5. The Morgan fingerprint density at radius 3 is 1.96 bits per heavy atom. The zero-order chi connectivity index (χ0) is 16.8. The van der Waals surface area contributed by atoms with Crippen molar-refractivity contribution in [1.82, 2.24) is 0 Å². The Hall–Kier alpha value is -3.08. The van der Waals surface area contributed by atoms with Crippen LogP contribution in [0.5, 0.6) is 5.75 Å². The second-order valence-electron chi connectivity index (χ2n) is 4.82.